The fourth-order valence-electron chi connectivity index (χ4n) is 1.74. The van der Waals surface area contributed by atoms with Crippen molar-refractivity contribution in [1.82, 2.24) is 4.90 Å². The van der Waals surface area contributed by atoms with E-state index in [1.807, 2.05) is 4.90 Å². The monoisotopic (exact) mass is 257 g/mol. The van der Waals surface area contributed by atoms with Gasteiger partial charge in [-0.1, -0.05) is 27.7 Å². The van der Waals surface area contributed by atoms with Crippen molar-refractivity contribution in [3.05, 3.63) is 0 Å². The van der Waals surface area contributed by atoms with Crippen molar-refractivity contribution >= 4 is 5.91 Å². The van der Waals surface area contributed by atoms with E-state index in [4.69, 9.17) is 5.11 Å². The summed E-state index contributed by atoms with van der Waals surface area (Å²) in [5.74, 6) is 1.53. The van der Waals surface area contributed by atoms with Gasteiger partial charge in [0, 0.05) is 26.1 Å². The Kier molecular flexibility index (Phi) is 10.0. The van der Waals surface area contributed by atoms with Gasteiger partial charge in [0.1, 0.15) is 0 Å². The summed E-state index contributed by atoms with van der Waals surface area (Å²) in [6, 6.07) is 0. The number of aliphatic hydroxyl groups excluding tert-OH is 1. The van der Waals surface area contributed by atoms with E-state index < -0.39 is 0 Å². The molecule has 0 aromatic heterocycles. The van der Waals surface area contributed by atoms with E-state index in [-0.39, 0.29) is 12.5 Å². The molecule has 0 aliphatic carbocycles. The van der Waals surface area contributed by atoms with Gasteiger partial charge < -0.3 is 10.0 Å². The van der Waals surface area contributed by atoms with Crippen LogP contribution in [0, 0.1) is 11.8 Å². The molecule has 0 saturated heterocycles. The van der Waals surface area contributed by atoms with Crippen LogP contribution in [0.25, 0.3) is 0 Å². The maximum Gasteiger partial charge on any atom is 0.222 e. The van der Waals surface area contributed by atoms with Gasteiger partial charge >= 0.3 is 0 Å². The molecule has 0 aliphatic rings. The van der Waals surface area contributed by atoms with Crippen LogP contribution in [0.5, 0.6) is 0 Å². The van der Waals surface area contributed by atoms with Gasteiger partial charge in [-0.25, -0.2) is 0 Å². The molecule has 0 aromatic rings. The van der Waals surface area contributed by atoms with Crippen LogP contribution in [0.4, 0.5) is 0 Å². The molecular weight excluding hydrogens is 226 g/mol. The van der Waals surface area contributed by atoms with Crippen molar-refractivity contribution in [2.24, 2.45) is 11.8 Å². The van der Waals surface area contributed by atoms with Gasteiger partial charge in [-0.3, -0.25) is 4.79 Å². The van der Waals surface area contributed by atoms with Crippen LogP contribution in [-0.4, -0.2) is 35.6 Å². The summed E-state index contributed by atoms with van der Waals surface area (Å²) in [4.78, 5) is 14.1. The fourth-order valence-corrected chi connectivity index (χ4v) is 1.74. The van der Waals surface area contributed by atoms with Crippen molar-refractivity contribution in [2.75, 3.05) is 19.7 Å². The number of hydrogen-bond acceptors (Lipinski definition) is 2. The number of aliphatic hydroxyl groups is 1. The molecule has 1 N–H and O–H groups in total. The Morgan fingerprint density at radius 2 is 1.50 bits per heavy atom. The molecule has 0 bridgehead atoms. The molecule has 0 unspecified atom stereocenters. The van der Waals surface area contributed by atoms with Gasteiger partial charge in [-0.05, 0) is 37.5 Å². The number of hydrogen-bond donors (Lipinski definition) is 1. The lowest BCUT2D eigenvalue weighted by molar-refractivity contribution is -0.131. The molecule has 0 saturated carbocycles. The molecule has 0 spiro atoms. The zero-order valence-corrected chi connectivity index (χ0v) is 12.6. The molecule has 0 atom stereocenters. The van der Waals surface area contributed by atoms with Gasteiger partial charge in [0.15, 0.2) is 0 Å². The van der Waals surface area contributed by atoms with Crippen molar-refractivity contribution in [3.63, 3.8) is 0 Å². The van der Waals surface area contributed by atoms with Gasteiger partial charge in [0.2, 0.25) is 5.91 Å². The molecule has 18 heavy (non-hydrogen) atoms. The summed E-state index contributed by atoms with van der Waals surface area (Å²) in [6.07, 6.45) is 4.26. The molecule has 108 valence electrons. The number of carbonyl (C=O) groups is 1. The molecule has 0 aliphatic heterocycles. The lowest BCUT2D eigenvalue weighted by Crippen LogP contribution is -2.34. The predicted octanol–water partition coefficient (Wildman–Crippen LogP) is 3.07. The molecule has 0 rings (SSSR count). The molecule has 0 fully saturated rings. The zero-order valence-electron chi connectivity index (χ0n) is 12.6. The number of amides is 1. The van der Waals surface area contributed by atoms with E-state index in [9.17, 15) is 4.79 Å². The van der Waals surface area contributed by atoms with Gasteiger partial charge in [-0.2, -0.15) is 0 Å². The minimum Gasteiger partial charge on any atom is -0.396 e. The van der Waals surface area contributed by atoms with E-state index in [1.165, 1.54) is 0 Å². The minimum atomic E-state index is 0.186. The topological polar surface area (TPSA) is 40.5 Å². The summed E-state index contributed by atoms with van der Waals surface area (Å²) in [6.45, 7) is 10.7. The summed E-state index contributed by atoms with van der Waals surface area (Å²) in [5.41, 5.74) is 0. The Bertz CT molecular complexity index is 203. The highest BCUT2D eigenvalue weighted by Gasteiger charge is 2.13. The highest BCUT2D eigenvalue weighted by molar-refractivity contribution is 5.76. The standard InChI is InChI=1S/C15H31NO2/c1-13(2)8-10-16(11-9-14(3)4)15(18)7-5-6-12-17/h13-14,17H,5-12H2,1-4H3. The maximum absolute atomic E-state index is 12.1. The largest absolute Gasteiger partial charge is 0.396 e. The van der Waals surface area contributed by atoms with E-state index in [2.05, 4.69) is 27.7 Å². The fraction of sp³-hybridized carbons (Fsp3) is 0.933. The summed E-state index contributed by atoms with van der Waals surface area (Å²) in [5, 5.41) is 8.75. The first kappa shape index (κ1) is 17.4. The first-order valence-corrected chi connectivity index (χ1v) is 7.36. The van der Waals surface area contributed by atoms with Crippen LogP contribution in [0.1, 0.15) is 59.8 Å². The Hall–Kier alpha value is -0.570. The number of carbonyl (C=O) groups excluding carboxylic acids is 1. The molecule has 3 heteroatoms. The van der Waals surface area contributed by atoms with Crippen LogP contribution in [-0.2, 0) is 4.79 Å². The summed E-state index contributed by atoms with van der Waals surface area (Å²) in [7, 11) is 0. The third kappa shape index (κ3) is 9.46. The maximum atomic E-state index is 12.1. The van der Waals surface area contributed by atoms with Gasteiger partial charge in [-0.15, -0.1) is 0 Å². The van der Waals surface area contributed by atoms with Crippen LogP contribution in [0.2, 0.25) is 0 Å². The summed E-state index contributed by atoms with van der Waals surface area (Å²) >= 11 is 0. The predicted molar refractivity (Wildman–Crippen MR) is 76.4 cm³/mol. The Balaban J connectivity index is 4.11. The van der Waals surface area contributed by atoms with E-state index in [0.29, 0.717) is 18.3 Å². The second kappa shape index (κ2) is 10.4. The van der Waals surface area contributed by atoms with Crippen molar-refractivity contribution < 1.29 is 9.90 Å². The van der Waals surface area contributed by atoms with Crippen molar-refractivity contribution in [3.8, 4) is 0 Å². The average Bonchev–Trinajstić information content (AvgIpc) is 2.28. The molecule has 0 radical (unpaired) electrons. The first-order chi connectivity index (χ1) is 8.47. The highest BCUT2D eigenvalue weighted by Crippen LogP contribution is 2.09. The van der Waals surface area contributed by atoms with E-state index in [1.54, 1.807) is 0 Å². The van der Waals surface area contributed by atoms with Crippen molar-refractivity contribution in [1.29, 1.82) is 0 Å². The number of rotatable bonds is 10. The molecule has 1 amide bonds. The number of nitrogens with zero attached hydrogens (tertiary/aromatic N) is 1. The second-order valence-electron chi connectivity index (χ2n) is 5.93. The van der Waals surface area contributed by atoms with Crippen molar-refractivity contribution in [2.45, 2.75) is 59.8 Å². The Morgan fingerprint density at radius 1 is 1.00 bits per heavy atom. The molecular formula is C15H31NO2. The van der Waals surface area contributed by atoms with Crippen LogP contribution >= 0.6 is 0 Å². The normalized spacial score (nSPS) is 11.3. The quantitative estimate of drug-likeness (QED) is 0.611. The van der Waals surface area contributed by atoms with Crippen LogP contribution in [0.3, 0.4) is 0 Å². The average molecular weight is 257 g/mol. The lowest BCUT2D eigenvalue weighted by Gasteiger charge is -2.24. The Morgan fingerprint density at radius 3 is 1.89 bits per heavy atom. The molecule has 0 heterocycles. The summed E-state index contributed by atoms with van der Waals surface area (Å²) < 4.78 is 0. The highest BCUT2D eigenvalue weighted by atomic mass is 16.3. The van der Waals surface area contributed by atoms with E-state index >= 15 is 0 Å². The Labute approximate surface area is 113 Å². The van der Waals surface area contributed by atoms with E-state index in [0.717, 1.165) is 38.8 Å². The third-order valence-electron chi connectivity index (χ3n) is 3.10. The third-order valence-corrected chi connectivity index (χ3v) is 3.10. The molecule has 3 nitrogen and oxygen atoms in total. The number of unbranched alkanes of at least 4 members (excludes halogenated alkanes) is 1. The smallest absolute Gasteiger partial charge is 0.222 e. The zero-order chi connectivity index (χ0) is 14.0. The first-order valence-electron chi connectivity index (χ1n) is 7.36. The SMILES string of the molecule is CC(C)CCN(CCC(C)C)C(=O)CCCCO. The van der Waals surface area contributed by atoms with Crippen LogP contribution < -0.4 is 0 Å². The van der Waals surface area contributed by atoms with Crippen LogP contribution in [0.15, 0.2) is 0 Å². The molecule has 0 aromatic carbocycles. The second-order valence-corrected chi connectivity index (χ2v) is 5.93. The van der Waals surface area contributed by atoms with Gasteiger partial charge in [0.05, 0.1) is 0 Å². The minimum absolute atomic E-state index is 0.186. The van der Waals surface area contributed by atoms with Gasteiger partial charge in [0.25, 0.3) is 0 Å². The lowest BCUT2D eigenvalue weighted by atomic mass is 10.1.